The van der Waals surface area contributed by atoms with Gasteiger partial charge in [-0.2, -0.15) is 5.26 Å². The molecule has 1 aliphatic carbocycles. The molecule has 1 fully saturated rings. The second-order valence-electron chi connectivity index (χ2n) is 6.84. The van der Waals surface area contributed by atoms with E-state index >= 15 is 0 Å². The van der Waals surface area contributed by atoms with E-state index in [1.165, 1.54) is 0 Å². The van der Waals surface area contributed by atoms with Gasteiger partial charge in [-0.05, 0) is 50.3 Å². The number of nitriles is 1. The smallest absolute Gasteiger partial charge is 0.227 e. The van der Waals surface area contributed by atoms with Gasteiger partial charge in [0.1, 0.15) is 0 Å². The number of nitrogens with one attached hydrogen (secondary N) is 1. The molecule has 1 aromatic rings. The lowest BCUT2D eigenvalue weighted by Gasteiger charge is -2.30. The predicted molar refractivity (Wildman–Crippen MR) is 97.8 cm³/mol. The van der Waals surface area contributed by atoms with E-state index in [2.05, 4.69) is 18.3 Å². The molecule has 134 valence electrons. The van der Waals surface area contributed by atoms with Crippen LogP contribution in [-0.2, 0) is 9.59 Å². The first-order valence-electron chi connectivity index (χ1n) is 9.11. The lowest BCUT2D eigenvalue weighted by Crippen LogP contribution is -2.37. The van der Waals surface area contributed by atoms with Crippen LogP contribution >= 0.6 is 0 Å². The normalized spacial score (nSPS) is 19.7. The fraction of sp³-hybridized carbons (Fsp3) is 0.550. The van der Waals surface area contributed by atoms with Gasteiger partial charge >= 0.3 is 0 Å². The Morgan fingerprint density at radius 3 is 2.56 bits per heavy atom. The van der Waals surface area contributed by atoms with Crippen molar-refractivity contribution >= 4 is 17.5 Å². The first kappa shape index (κ1) is 19.0. The summed E-state index contributed by atoms with van der Waals surface area (Å²) in [5.74, 6) is 0.193. The number of anilines is 1. The van der Waals surface area contributed by atoms with E-state index in [1.54, 1.807) is 24.3 Å². The van der Waals surface area contributed by atoms with Crippen LogP contribution in [0.25, 0.3) is 0 Å². The van der Waals surface area contributed by atoms with E-state index in [4.69, 9.17) is 5.26 Å². The molecule has 0 bridgehead atoms. The van der Waals surface area contributed by atoms with Crippen molar-refractivity contribution < 1.29 is 9.59 Å². The Morgan fingerprint density at radius 2 is 1.92 bits per heavy atom. The zero-order chi connectivity index (χ0) is 18.2. The highest BCUT2D eigenvalue weighted by Gasteiger charge is 2.31. The first-order valence-corrected chi connectivity index (χ1v) is 9.11. The molecule has 1 saturated carbocycles. The number of amides is 2. The van der Waals surface area contributed by atoms with Gasteiger partial charge in [0.25, 0.3) is 0 Å². The molecule has 25 heavy (non-hydrogen) atoms. The van der Waals surface area contributed by atoms with E-state index < -0.39 is 0 Å². The lowest BCUT2D eigenvalue weighted by molar-refractivity contribution is -0.136. The molecule has 5 heteroatoms. The first-order chi connectivity index (χ1) is 12.0. The van der Waals surface area contributed by atoms with Crippen molar-refractivity contribution in [3.05, 3.63) is 29.8 Å². The molecule has 1 aromatic carbocycles. The van der Waals surface area contributed by atoms with Crippen molar-refractivity contribution in [1.29, 1.82) is 5.26 Å². The summed E-state index contributed by atoms with van der Waals surface area (Å²) in [5, 5.41) is 11.8. The third kappa shape index (κ3) is 5.32. The topological polar surface area (TPSA) is 73.2 Å². The molecule has 0 atom stereocenters. The Hall–Kier alpha value is -2.35. The van der Waals surface area contributed by atoms with Crippen molar-refractivity contribution in [2.24, 2.45) is 11.8 Å². The van der Waals surface area contributed by atoms with Crippen LogP contribution in [0.4, 0.5) is 5.69 Å². The average Bonchev–Trinajstić information content (AvgIpc) is 2.65. The number of carbonyl (C=O) groups excluding carboxylic acids is 2. The lowest BCUT2D eigenvalue weighted by atomic mass is 9.81. The highest BCUT2D eigenvalue weighted by Crippen LogP contribution is 2.31. The summed E-state index contributed by atoms with van der Waals surface area (Å²) in [6, 6.07) is 9.00. The van der Waals surface area contributed by atoms with Gasteiger partial charge in [0.05, 0.1) is 11.6 Å². The van der Waals surface area contributed by atoms with Crippen molar-refractivity contribution in [3.63, 3.8) is 0 Å². The summed E-state index contributed by atoms with van der Waals surface area (Å²) < 4.78 is 0. The Morgan fingerprint density at radius 1 is 1.24 bits per heavy atom. The minimum atomic E-state index is -0.0595. The predicted octanol–water partition coefficient (Wildman–Crippen LogP) is 3.56. The monoisotopic (exact) mass is 341 g/mol. The number of hydrogen-bond donors (Lipinski definition) is 1. The summed E-state index contributed by atoms with van der Waals surface area (Å²) in [4.78, 5) is 26.7. The standard InChI is InChI=1S/C20H27N3O2/c1-3-4-12-23(2)20(25)17-10-8-16(9-11-17)19(24)22-18-7-5-6-15(13-18)14-21/h5-7,13,16-17H,3-4,8-12H2,1-2H3,(H,22,24). The van der Waals surface area contributed by atoms with Gasteiger partial charge in [0.2, 0.25) is 11.8 Å². The Bertz CT molecular complexity index is 643. The van der Waals surface area contributed by atoms with Gasteiger partial charge in [0.15, 0.2) is 0 Å². The molecule has 0 unspecified atom stereocenters. The highest BCUT2D eigenvalue weighted by atomic mass is 16.2. The molecule has 2 amide bonds. The van der Waals surface area contributed by atoms with Crippen LogP contribution in [0.15, 0.2) is 24.3 Å². The molecule has 2 rings (SSSR count). The second-order valence-corrected chi connectivity index (χ2v) is 6.84. The summed E-state index contributed by atoms with van der Waals surface area (Å²) in [6.45, 7) is 2.93. The van der Waals surface area contributed by atoms with Crippen LogP contribution in [0, 0.1) is 23.2 Å². The number of carbonyl (C=O) groups is 2. The van der Waals surface area contributed by atoms with Gasteiger partial charge in [-0.1, -0.05) is 19.4 Å². The summed E-state index contributed by atoms with van der Waals surface area (Å²) in [6.07, 6.45) is 5.13. The minimum Gasteiger partial charge on any atom is -0.346 e. The summed E-state index contributed by atoms with van der Waals surface area (Å²) in [7, 11) is 1.87. The van der Waals surface area contributed by atoms with Crippen molar-refractivity contribution in [3.8, 4) is 6.07 Å². The Balaban J connectivity index is 1.83. The van der Waals surface area contributed by atoms with Crippen LogP contribution in [-0.4, -0.2) is 30.3 Å². The molecular formula is C20H27N3O2. The molecule has 1 aliphatic rings. The number of nitrogens with zero attached hydrogens (tertiary/aromatic N) is 2. The molecule has 0 spiro atoms. The average molecular weight is 341 g/mol. The number of hydrogen-bond acceptors (Lipinski definition) is 3. The molecule has 5 nitrogen and oxygen atoms in total. The maximum atomic E-state index is 12.4. The Kier molecular flexibility index (Phi) is 7.00. The van der Waals surface area contributed by atoms with E-state index in [0.29, 0.717) is 11.3 Å². The maximum absolute atomic E-state index is 12.4. The zero-order valence-corrected chi connectivity index (χ0v) is 15.1. The molecule has 0 aliphatic heterocycles. The molecular weight excluding hydrogens is 314 g/mol. The summed E-state index contributed by atoms with van der Waals surface area (Å²) in [5.41, 5.74) is 1.18. The second kappa shape index (κ2) is 9.22. The third-order valence-corrected chi connectivity index (χ3v) is 4.93. The molecule has 1 N–H and O–H groups in total. The van der Waals surface area contributed by atoms with E-state index in [9.17, 15) is 9.59 Å². The fourth-order valence-electron chi connectivity index (χ4n) is 3.33. The molecule has 0 saturated heterocycles. The van der Waals surface area contributed by atoms with Gasteiger partial charge in [0, 0.05) is 31.1 Å². The SMILES string of the molecule is CCCCN(C)C(=O)C1CCC(C(=O)Nc2cccc(C#N)c2)CC1. The van der Waals surface area contributed by atoms with E-state index in [1.807, 2.05) is 11.9 Å². The zero-order valence-electron chi connectivity index (χ0n) is 15.1. The summed E-state index contributed by atoms with van der Waals surface area (Å²) >= 11 is 0. The molecule has 0 aromatic heterocycles. The number of benzene rings is 1. The van der Waals surface area contributed by atoms with E-state index in [-0.39, 0.29) is 23.7 Å². The van der Waals surface area contributed by atoms with Crippen LogP contribution in [0.2, 0.25) is 0 Å². The van der Waals surface area contributed by atoms with Crippen LogP contribution < -0.4 is 5.32 Å². The van der Waals surface area contributed by atoms with Gasteiger partial charge in [-0.25, -0.2) is 0 Å². The van der Waals surface area contributed by atoms with Crippen molar-refractivity contribution in [1.82, 2.24) is 4.90 Å². The highest BCUT2D eigenvalue weighted by molar-refractivity contribution is 5.93. The quantitative estimate of drug-likeness (QED) is 0.860. The number of unbranched alkanes of at least 4 members (excludes halogenated alkanes) is 1. The van der Waals surface area contributed by atoms with Crippen LogP contribution in [0.3, 0.4) is 0 Å². The van der Waals surface area contributed by atoms with Crippen LogP contribution in [0.1, 0.15) is 51.0 Å². The Labute approximate surface area is 150 Å². The minimum absolute atomic E-state index is 0.0136. The third-order valence-electron chi connectivity index (χ3n) is 4.93. The number of rotatable bonds is 6. The van der Waals surface area contributed by atoms with E-state index in [0.717, 1.165) is 45.1 Å². The maximum Gasteiger partial charge on any atom is 0.227 e. The molecule has 0 heterocycles. The van der Waals surface area contributed by atoms with Gasteiger partial charge in [-0.3, -0.25) is 9.59 Å². The van der Waals surface area contributed by atoms with Gasteiger partial charge in [-0.15, -0.1) is 0 Å². The molecule has 0 radical (unpaired) electrons. The van der Waals surface area contributed by atoms with Crippen molar-refractivity contribution in [2.45, 2.75) is 45.4 Å². The largest absolute Gasteiger partial charge is 0.346 e. The fourth-order valence-corrected chi connectivity index (χ4v) is 3.33. The van der Waals surface area contributed by atoms with Gasteiger partial charge < -0.3 is 10.2 Å². The van der Waals surface area contributed by atoms with Crippen molar-refractivity contribution in [2.75, 3.05) is 18.9 Å². The van der Waals surface area contributed by atoms with Crippen LogP contribution in [0.5, 0.6) is 0 Å².